The Morgan fingerprint density at radius 3 is 2.38 bits per heavy atom. The Morgan fingerprint density at radius 2 is 1.73 bits per heavy atom. The van der Waals surface area contributed by atoms with E-state index in [0.29, 0.717) is 12.5 Å². The Morgan fingerprint density at radius 1 is 1.00 bits per heavy atom. The lowest BCUT2D eigenvalue weighted by atomic mass is 10.0. The highest BCUT2D eigenvalue weighted by Gasteiger charge is 2.17. The summed E-state index contributed by atoms with van der Waals surface area (Å²) < 4.78 is 5.95. The molecule has 0 saturated carbocycles. The zero-order valence-corrected chi connectivity index (χ0v) is 16.6. The van der Waals surface area contributed by atoms with Crippen molar-refractivity contribution in [2.75, 3.05) is 0 Å². The van der Waals surface area contributed by atoms with Crippen LogP contribution < -0.4 is 10.1 Å². The Kier molecular flexibility index (Phi) is 7.26. The van der Waals surface area contributed by atoms with Crippen molar-refractivity contribution in [2.45, 2.75) is 66.0 Å². The molecule has 2 aromatic rings. The van der Waals surface area contributed by atoms with Crippen LogP contribution in [0.25, 0.3) is 0 Å². The molecule has 1 amide bonds. The molecule has 0 bridgehead atoms. The van der Waals surface area contributed by atoms with Gasteiger partial charge in [0.15, 0.2) is 6.10 Å². The van der Waals surface area contributed by atoms with Gasteiger partial charge in [-0.25, -0.2) is 0 Å². The van der Waals surface area contributed by atoms with Gasteiger partial charge in [0.05, 0.1) is 0 Å². The highest BCUT2D eigenvalue weighted by Crippen LogP contribution is 2.26. The van der Waals surface area contributed by atoms with Gasteiger partial charge < -0.3 is 10.1 Å². The molecule has 1 N–H and O–H groups in total. The Bertz CT molecular complexity index is 737. The lowest BCUT2D eigenvalue weighted by molar-refractivity contribution is -0.127. The molecule has 0 fully saturated rings. The van der Waals surface area contributed by atoms with Crippen LogP contribution in [0.15, 0.2) is 42.5 Å². The molecule has 0 unspecified atom stereocenters. The standard InChI is InChI=1S/C23H31NO2/c1-6-18-12-13-19(7-2)20(14-18)15-24-23(25)17(5)26-22-11-9-8-10-21(22)16(3)4/h8-14,16-17H,6-7,15H2,1-5H3,(H,24,25)/t17-/m1/s1. The molecular formula is C23H31NO2. The third-order valence-electron chi connectivity index (χ3n) is 4.73. The summed E-state index contributed by atoms with van der Waals surface area (Å²) >= 11 is 0. The van der Waals surface area contributed by atoms with Crippen molar-refractivity contribution in [3.8, 4) is 5.75 Å². The van der Waals surface area contributed by atoms with Crippen molar-refractivity contribution < 1.29 is 9.53 Å². The fourth-order valence-corrected chi connectivity index (χ4v) is 3.04. The normalized spacial score (nSPS) is 12.1. The molecule has 0 spiro atoms. The number of carbonyl (C=O) groups excluding carboxylic acids is 1. The van der Waals surface area contributed by atoms with Gasteiger partial charge in [-0.3, -0.25) is 4.79 Å². The van der Waals surface area contributed by atoms with Gasteiger partial charge in [-0.05, 0) is 54.0 Å². The predicted molar refractivity (Wildman–Crippen MR) is 108 cm³/mol. The van der Waals surface area contributed by atoms with Gasteiger partial charge in [0, 0.05) is 6.54 Å². The first-order chi connectivity index (χ1) is 12.5. The summed E-state index contributed by atoms with van der Waals surface area (Å²) in [5, 5.41) is 3.03. The molecule has 26 heavy (non-hydrogen) atoms. The van der Waals surface area contributed by atoms with Gasteiger partial charge >= 0.3 is 0 Å². The summed E-state index contributed by atoms with van der Waals surface area (Å²) in [6.45, 7) is 10.9. The van der Waals surface area contributed by atoms with Crippen LogP contribution in [0, 0.1) is 0 Å². The van der Waals surface area contributed by atoms with Crippen LogP contribution in [0.4, 0.5) is 0 Å². The first-order valence-electron chi connectivity index (χ1n) is 9.60. The Hall–Kier alpha value is -2.29. The second-order valence-corrected chi connectivity index (χ2v) is 6.98. The van der Waals surface area contributed by atoms with Gasteiger partial charge in [-0.1, -0.05) is 64.1 Å². The van der Waals surface area contributed by atoms with Crippen LogP contribution in [0.5, 0.6) is 5.75 Å². The maximum atomic E-state index is 12.5. The second-order valence-electron chi connectivity index (χ2n) is 6.98. The number of rotatable bonds is 8. The maximum absolute atomic E-state index is 12.5. The molecule has 1 atom stereocenters. The van der Waals surface area contributed by atoms with E-state index in [9.17, 15) is 4.79 Å². The van der Waals surface area contributed by atoms with Crippen molar-refractivity contribution in [1.82, 2.24) is 5.32 Å². The first kappa shape index (κ1) is 20.0. The highest BCUT2D eigenvalue weighted by molar-refractivity contribution is 5.80. The van der Waals surface area contributed by atoms with Crippen molar-refractivity contribution in [3.05, 3.63) is 64.7 Å². The smallest absolute Gasteiger partial charge is 0.261 e. The van der Waals surface area contributed by atoms with Crippen LogP contribution >= 0.6 is 0 Å². The number of nitrogens with one attached hydrogen (secondary N) is 1. The summed E-state index contributed by atoms with van der Waals surface area (Å²) in [5.41, 5.74) is 4.88. The number of ether oxygens (including phenoxy) is 1. The Balaban J connectivity index is 2.02. The second kappa shape index (κ2) is 9.42. The van der Waals surface area contributed by atoms with Gasteiger partial charge in [0.2, 0.25) is 0 Å². The predicted octanol–water partition coefficient (Wildman–Crippen LogP) is 5.02. The fraction of sp³-hybridized carbons (Fsp3) is 0.435. The lowest BCUT2D eigenvalue weighted by Crippen LogP contribution is -2.36. The van der Waals surface area contributed by atoms with Gasteiger partial charge in [-0.2, -0.15) is 0 Å². The van der Waals surface area contributed by atoms with Gasteiger partial charge in [-0.15, -0.1) is 0 Å². The molecule has 3 heteroatoms. The van der Waals surface area contributed by atoms with Gasteiger partial charge in [0.25, 0.3) is 5.91 Å². The number of para-hydroxylation sites is 1. The largest absolute Gasteiger partial charge is 0.481 e. The minimum absolute atomic E-state index is 0.0903. The van der Waals surface area contributed by atoms with E-state index in [0.717, 1.165) is 24.2 Å². The van der Waals surface area contributed by atoms with E-state index in [1.807, 2.05) is 24.3 Å². The van der Waals surface area contributed by atoms with E-state index in [-0.39, 0.29) is 5.91 Å². The molecule has 2 aromatic carbocycles. The van der Waals surface area contributed by atoms with Crippen molar-refractivity contribution in [1.29, 1.82) is 0 Å². The van der Waals surface area contributed by atoms with E-state index < -0.39 is 6.10 Å². The number of carbonyl (C=O) groups is 1. The maximum Gasteiger partial charge on any atom is 0.261 e. The Labute approximate surface area is 157 Å². The van der Waals surface area contributed by atoms with Crippen LogP contribution in [0.3, 0.4) is 0 Å². The minimum Gasteiger partial charge on any atom is -0.481 e. The van der Waals surface area contributed by atoms with Gasteiger partial charge in [0.1, 0.15) is 5.75 Å². The third-order valence-corrected chi connectivity index (χ3v) is 4.73. The van der Waals surface area contributed by atoms with E-state index in [1.165, 1.54) is 16.7 Å². The monoisotopic (exact) mass is 353 g/mol. The quantitative estimate of drug-likeness (QED) is 0.724. The minimum atomic E-state index is -0.533. The number of amides is 1. The van der Waals surface area contributed by atoms with Crippen molar-refractivity contribution in [3.63, 3.8) is 0 Å². The number of hydrogen-bond acceptors (Lipinski definition) is 2. The van der Waals surface area contributed by atoms with E-state index >= 15 is 0 Å². The van der Waals surface area contributed by atoms with Crippen molar-refractivity contribution in [2.24, 2.45) is 0 Å². The molecule has 3 nitrogen and oxygen atoms in total. The fourth-order valence-electron chi connectivity index (χ4n) is 3.04. The SMILES string of the molecule is CCc1ccc(CC)c(CNC(=O)[C@@H](C)Oc2ccccc2C(C)C)c1. The molecule has 140 valence electrons. The van der Waals surface area contributed by atoms with Crippen molar-refractivity contribution >= 4 is 5.91 Å². The number of hydrogen-bond donors (Lipinski definition) is 1. The summed E-state index contributed by atoms with van der Waals surface area (Å²) in [5.74, 6) is 1.05. The average Bonchev–Trinajstić information content (AvgIpc) is 2.65. The number of aryl methyl sites for hydroxylation is 2. The van der Waals surface area contributed by atoms with E-state index in [4.69, 9.17) is 4.74 Å². The molecular weight excluding hydrogens is 322 g/mol. The topological polar surface area (TPSA) is 38.3 Å². The summed E-state index contributed by atoms with van der Waals surface area (Å²) in [4.78, 5) is 12.5. The van der Waals surface area contributed by atoms with E-state index in [2.05, 4.69) is 51.2 Å². The number of benzene rings is 2. The highest BCUT2D eigenvalue weighted by atomic mass is 16.5. The first-order valence-corrected chi connectivity index (χ1v) is 9.60. The van der Waals surface area contributed by atoms with Crippen LogP contribution in [0.2, 0.25) is 0 Å². The summed E-state index contributed by atoms with van der Waals surface area (Å²) in [6, 6.07) is 14.4. The third kappa shape index (κ3) is 5.10. The molecule has 0 radical (unpaired) electrons. The van der Waals surface area contributed by atoms with E-state index in [1.54, 1.807) is 6.92 Å². The van der Waals surface area contributed by atoms with Crippen LogP contribution in [-0.2, 0) is 24.2 Å². The molecule has 0 aromatic heterocycles. The zero-order valence-electron chi connectivity index (χ0n) is 16.6. The molecule has 0 aliphatic rings. The molecule has 0 aliphatic carbocycles. The molecule has 0 heterocycles. The molecule has 0 aliphatic heterocycles. The molecule has 2 rings (SSSR count). The average molecular weight is 354 g/mol. The molecule has 0 saturated heterocycles. The van der Waals surface area contributed by atoms with Crippen LogP contribution in [0.1, 0.15) is 62.8 Å². The summed E-state index contributed by atoms with van der Waals surface area (Å²) in [7, 11) is 0. The lowest BCUT2D eigenvalue weighted by Gasteiger charge is -2.19. The van der Waals surface area contributed by atoms with Crippen LogP contribution in [-0.4, -0.2) is 12.0 Å². The summed E-state index contributed by atoms with van der Waals surface area (Å²) in [6.07, 6.45) is 1.42. The zero-order chi connectivity index (χ0) is 19.1.